The Kier molecular flexibility index (Phi) is 7.15. The normalized spacial score (nSPS) is 18.9. The molecule has 0 spiro atoms. The molecular weight excluding hydrogens is 478 g/mol. The van der Waals surface area contributed by atoms with Crippen molar-refractivity contribution in [3.8, 4) is 0 Å². The number of pyridine rings is 1. The summed E-state index contributed by atoms with van der Waals surface area (Å²) in [5.41, 5.74) is 10.00. The summed E-state index contributed by atoms with van der Waals surface area (Å²) < 4.78 is 8.33. The predicted octanol–water partition coefficient (Wildman–Crippen LogP) is 4.40. The SMILES string of the molecule is CCOC1(c2ccc(C(=O)N(C)C)nc2)CC(C(C)n2nc(CC)c3c(N)ncnc32)=CC(Cl)=C1C. The van der Waals surface area contributed by atoms with Gasteiger partial charge in [0.2, 0.25) is 0 Å². The summed E-state index contributed by atoms with van der Waals surface area (Å²) in [4.78, 5) is 27.0. The maximum absolute atomic E-state index is 12.4. The Balaban J connectivity index is 1.79. The number of aryl methyl sites for hydroxylation is 1. The van der Waals surface area contributed by atoms with Gasteiger partial charge < -0.3 is 15.4 Å². The van der Waals surface area contributed by atoms with Gasteiger partial charge in [0.1, 0.15) is 23.4 Å². The van der Waals surface area contributed by atoms with Gasteiger partial charge in [-0.2, -0.15) is 5.10 Å². The van der Waals surface area contributed by atoms with Crippen molar-refractivity contribution in [1.82, 2.24) is 29.6 Å². The average molecular weight is 510 g/mol. The highest BCUT2D eigenvalue weighted by Gasteiger charge is 2.41. The minimum Gasteiger partial charge on any atom is -0.383 e. The number of carbonyl (C=O) groups excluding carboxylic acids is 1. The topological polar surface area (TPSA) is 112 Å². The number of halogens is 1. The van der Waals surface area contributed by atoms with Gasteiger partial charge in [-0.1, -0.05) is 24.6 Å². The zero-order chi connectivity index (χ0) is 26.2. The predicted molar refractivity (Wildman–Crippen MR) is 141 cm³/mol. The number of hydrogen-bond donors (Lipinski definition) is 1. The van der Waals surface area contributed by atoms with Gasteiger partial charge in [0.25, 0.3) is 5.91 Å². The number of nitrogens with zero attached hydrogens (tertiary/aromatic N) is 6. The third kappa shape index (κ3) is 4.26. The van der Waals surface area contributed by atoms with E-state index < -0.39 is 5.60 Å². The van der Waals surface area contributed by atoms with Crippen molar-refractivity contribution in [2.75, 3.05) is 26.4 Å². The number of allylic oxidation sites excluding steroid dienone is 2. The maximum Gasteiger partial charge on any atom is 0.271 e. The summed E-state index contributed by atoms with van der Waals surface area (Å²) in [6.45, 7) is 8.49. The first-order valence-electron chi connectivity index (χ1n) is 12.0. The van der Waals surface area contributed by atoms with Gasteiger partial charge in [0, 0.05) is 43.9 Å². The summed E-state index contributed by atoms with van der Waals surface area (Å²) in [7, 11) is 3.40. The van der Waals surface area contributed by atoms with Crippen LogP contribution in [-0.4, -0.2) is 56.2 Å². The van der Waals surface area contributed by atoms with E-state index in [1.165, 1.54) is 11.2 Å². The fourth-order valence-corrected chi connectivity index (χ4v) is 5.03. The highest BCUT2D eigenvalue weighted by Crippen LogP contribution is 2.47. The molecule has 2 atom stereocenters. The lowest BCUT2D eigenvalue weighted by Gasteiger charge is -2.40. The number of fused-ring (bicyclic) bond motifs is 1. The van der Waals surface area contributed by atoms with E-state index >= 15 is 0 Å². The minimum absolute atomic E-state index is 0.159. The van der Waals surface area contributed by atoms with E-state index in [0.717, 1.165) is 27.8 Å². The van der Waals surface area contributed by atoms with E-state index in [4.69, 9.17) is 27.2 Å². The molecule has 3 aromatic heterocycles. The van der Waals surface area contributed by atoms with Crippen molar-refractivity contribution in [3.05, 3.63) is 63.9 Å². The number of hydrogen-bond acceptors (Lipinski definition) is 7. The quantitative estimate of drug-likeness (QED) is 0.502. The number of amides is 1. The van der Waals surface area contributed by atoms with Gasteiger partial charge in [-0.25, -0.2) is 14.6 Å². The van der Waals surface area contributed by atoms with E-state index in [9.17, 15) is 4.79 Å². The number of anilines is 1. The Bertz CT molecular complexity index is 1360. The van der Waals surface area contributed by atoms with Crippen molar-refractivity contribution in [2.24, 2.45) is 0 Å². The van der Waals surface area contributed by atoms with Crippen LogP contribution in [0.4, 0.5) is 5.82 Å². The molecule has 36 heavy (non-hydrogen) atoms. The van der Waals surface area contributed by atoms with Crippen LogP contribution in [0.2, 0.25) is 0 Å². The zero-order valence-electron chi connectivity index (χ0n) is 21.5. The van der Waals surface area contributed by atoms with E-state index in [2.05, 4.69) is 21.9 Å². The second-order valence-electron chi connectivity index (χ2n) is 9.14. The smallest absolute Gasteiger partial charge is 0.271 e. The first-order chi connectivity index (χ1) is 17.1. The molecule has 0 bridgehead atoms. The average Bonchev–Trinajstić information content (AvgIpc) is 3.26. The Hall–Kier alpha value is -3.30. The molecule has 4 rings (SSSR count). The number of rotatable bonds is 7. The summed E-state index contributed by atoms with van der Waals surface area (Å²) in [5.74, 6) is 0.262. The fourth-order valence-electron chi connectivity index (χ4n) is 4.74. The van der Waals surface area contributed by atoms with Gasteiger partial charge in [-0.15, -0.1) is 0 Å². The summed E-state index contributed by atoms with van der Waals surface area (Å²) in [6, 6.07) is 3.45. The molecule has 0 aliphatic heterocycles. The molecule has 3 aromatic rings. The van der Waals surface area contributed by atoms with Gasteiger partial charge in [0.15, 0.2) is 5.65 Å². The molecule has 190 valence electrons. The number of carbonyl (C=O) groups is 1. The van der Waals surface area contributed by atoms with Crippen molar-refractivity contribution >= 4 is 34.4 Å². The molecular formula is C26H32ClN7O2. The monoisotopic (exact) mass is 509 g/mol. The molecule has 9 nitrogen and oxygen atoms in total. The molecule has 0 radical (unpaired) electrons. The van der Waals surface area contributed by atoms with Gasteiger partial charge >= 0.3 is 0 Å². The number of nitrogens with two attached hydrogens (primary N) is 1. The molecule has 2 unspecified atom stereocenters. The van der Waals surface area contributed by atoms with Gasteiger partial charge in [-0.05, 0) is 50.5 Å². The number of nitrogen functional groups attached to an aromatic ring is 1. The Morgan fingerprint density at radius 3 is 2.64 bits per heavy atom. The van der Waals surface area contributed by atoms with Gasteiger partial charge in [0.05, 0.1) is 17.1 Å². The molecule has 10 heteroatoms. The Labute approximate surface area is 216 Å². The van der Waals surface area contributed by atoms with Crippen LogP contribution in [0, 0.1) is 0 Å². The third-order valence-electron chi connectivity index (χ3n) is 6.80. The molecule has 2 N–H and O–H groups in total. The van der Waals surface area contributed by atoms with Crippen molar-refractivity contribution in [1.29, 1.82) is 0 Å². The Morgan fingerprint density at radius 1 is 1.28 bits per heavy atom. The lowest BCUT2D eigenvalue weighted by atomic mass is 9.77. The van der Waals surface area contributed by atoms with Gasteiger partial charge in [-0.3, -0.25) is 9.78 Å². The molecule has 1 aliphatic rings. The lowest BCUT2D eigenvalue weighted by Crippen LogP contribution is -2.36. The molecule has 0 saturated heterocycles. The first-order valence-corrected chi connectivity index (χ1v) is 12.4. The summed E-state index contributed by atoms with van der Waals surface area (Å²) in [6.07, 6.45) is 6.40. The lowest BCUT2D eigenvalue weighted by molar-refractivity contribution is -0.0172. The summed E-state index contributed by atoms with van der Waals surface area (Å²) in [5, 5.41) is 6.22. The maximum atomic E-state index is 12.4. The number of ether oxygens (including phenoxy) is 1. The largest absolute Gasteiger partial charge is 0.383 e. The first kappa shape index (κ1) is 25.8. The molecule has 0 fully saturated rings. The van der Waals surface area contributed by atoms with E-state index in [1.54, 1.807) is 26.4 Å². The van der Waals surface area contributed by atoms with Crippen LogP contribution in [0.25, 0.3) is 11.0 Å². The van der Waals surface area contributed by atoms with Crippen LogP contribution >= 0.6 is 11.6 Å². The van der Waals surface area contributed by atoms with Crippen LogP contribution in [-0.2, 0) is 16.8 Å². The van der Waals surface area contributed by atoms with E-state index in [0.29, 0.717) is 41.6 Å². The molecule has 3 heterocycles. The zero-order valence-corrected chi connectivity index (χ0v) is 22.3. The van der Waals surface area contributed by atoms with Crippen molar-refractivity contribution < 1.29 is 9.53 Å². The Morgan fingerprint density at radius 2 is 2.03 bits per heavy atom. The molecule has 0 saturated carbocycles. The van der Waals surface area contributed by atoms with Crippen molar-refractivity contribution in [2.45, 2.75) is 52.2 Å². The highest BCUT2D eigenvalue weighted by atomic mass is 35.5. The van der Waals surface area contributed by atoms with Crippen LogP contribution in [0.3, 0.4) is 0 Å². The molecule has 1 aliphatic carbocycles. The second kappa shape index (κ2) is 9.99. The minimum atomic E-state index is -0.832. The van der Waals surface area contributed by atoms with E-state index in [-0.39, 0.29) is 11.9 Å². The molecule has 0 aromatic carbocycles. The summed E-state index contributed by atoms with van der Waals surface area (Å²) >= 11 is 6.83. The van der Waals surface area contributed by atoms with E-state index in [1.807, 2.05) is 37.6 Å². The fraction of sp³-hybridized carbons (Fsp3) is 0.423. The molecule has 1 amide bonds. The number of aromatic nitrogens is 5. The van der Waals surface area contributed by atoms with Crippen LogP contribution < -0.4 is 5.73 Å². The highest BCUT2D eigenvalue weighted by molar-refractivity contribution is 6.31. The van der Waals surface area contributed by atoms with Crippen LogP contribution in [0.15, 0.2) is 46.9 Å². The van der Waals surface area contributed by atoms with Crippen LogP contribution in [0.5, 0.6) is 0 Å². The van der Waals surface area contributed by atoms with Crippen molar-refractivity contribution in [3.63, 3.8) is 0 Å². The standard InChI is InChI=1S/C26H32ClN7O2/c1-7-20-22-23(28)30-14-31-24(22)34(32-20)16(4)17-11-19(27)15(3)26(12-17,36-8-2)18-9-10-21(29-13-18)25(35)33(5)6/h9-11,13-14,16H,7-8,12H2,1-6H3,(H2,28,30,31). The third-order valence-corrected chi connectivity index (χ3v) is 7.20. The second-order valence-corrected chi connectivity index (χ2v) is 9.55. The van der Waals surface area contributed by atoms with Crippen LogP contribution in [0.1, 0.15) is 61.9 Å².